The Morgan fingerprint density at radius 3 is 2.31 bits per heavy atom. The Morgan fingerprint density at radius 2 is 1.73 bits per heavy atom. The van der Waals surface area contributed by atoms with Crippen LogP contribution in [0.4, 0.5) is 4.79 Å². The zero-order valence-corrected chi connectivity index (χ0v) is 16.3. The van der Waals surface area contributed by atoms with Crippen molar-refractivity contribution >= 4 is 35.5 Å². The summed E-state index contributed by atoms with van der Waals surface area (Å²) in [6, 6.07) is 12.5. The van der Waals surface area contributed by atoms with Gasteiger partial charge >= 0.3 is 6.09 Å². The number of ether oxygens (including phenoxy) is 2. The lowest BCUT2D eigenvalue weighted by molar-refractivity contribution is 0.0529. The molecule has 7 heteroatoms. The molecule has 0 bridgehead atoms. The minimum Gasteiger partial charge on any atom is -0.489 e. The van der Waals surface area contributed by atoms with Crippen LogP contribution in [0.3, 0.4) is 0 Å². The van der Waals surface area contributed by atoms with Crippen molar-refractivity contribution < 1.29 is 14.3 Å². The van der Waals surface area contributed by atoms with Gasteiger partial charge < -0.3 is 9.47 Å². The van der Waals surface area contributed by atoms with Crippen molar-refractivity contribution in [3.8, 4) is 5.75 Å². The standard InChI is InChI=1S/C19H20Cl2N2O3/c1-19(2,3)26-18(24)23-22-11-13-7-9-14(10-8-13)25-12-15-16(20)5-4-6-17(15)21/h4-11H,12H2,1-3H3,(H,23,24)/b22-11-. The Balaban J connectivity index is 1.88. The van der Waals surface area contributed by atoms with E-state index < -0.39 is 11.7 Å². The number of hydrogen-bond acceptors (Lipinski definition) is 4. The van der Waals surface area contributed by atoms with Crippen molar-refractivity contribution in [3.63, 3.8) is 0 Å². The molecule has 0 aliphatic heterocycles. The van der Waals surface area contributed by atoms with Gasteiger partial charge in [0, 0.05) is 15.6 Å². The van der Waals surface area contributed by atoms with Crippen LogP contribution in [-0.4, -0.2) is 17.9 Å². The number of nitrogens with zero attached hydrogens (tertiary/aromatic N) is 1. The predicted molar refractivity (Wildman–Crippen MR) is 104 cm³/mol. The molecule has 2 aromatic carbocycles. The molecule has 0 aliphatic rings. The first-order valence-electron chi connectivity index (χ1n) is 7.92. The Hall–Kier alpha value is -2.24. The van der Waals surface area contributed by atoms with E-state index in [1.54, 1.807) is 51.1 Å². The number of hydrogen-bond donors (Lipinski definition) is 1. The van der Waals surface area contributed by atoms with Crippen LogP contribution in [0.25, 0.3) is 0 Å². The van der Waals surface area contributed by atoms with Gasteiger partial charge in [0.25, 0.3) is 0 Å². The van der Waals surface area contributed by atoms with Gasteiger partial charge in [-0.2, -0.15) is 5.10 Å². The molecule has 0 saturated carbocycles. The zero-order valence-electron chi connectivity index (χ0n) is 14.8. The van der Waals surface area contributed by atoms with Crippen molar-refractivity contribution in [2.24, 2.45) is 5.10 Å². The molecule has 138 valence electrons. The van der Waals surface area contributed by atoms with E-state index >= 15 is 0 Å². The van der Waals surface area contributed by atoms with Gasteiger partial charge in [-0.1, -0.05) is 29.3 Å². The number of rotatable bonds is 5. The number of amides is 1. The van der Waals surface area contributed by atoms with Crippen molar-refractivity contribution in [3.05, 3.63) is 63.6 Å². The molecule has 0 aliphatic carbocycles. The summed E-state index contributed by atoms with van der Waals surface area (Å²) in [6.07, 6.45) is 0.906. The zero-order chi connectivity index (χ0) is 19.2. The molecule has 0 heterocycles. The predicted octanol–water partition coefficient (Wildman–Crippen LogP) is 5.43. The summed E-state index contributed by atoms with van der Waals surface area (Å²) in [6.45, 7) is 5.62. The maximum absolute atomic E-state index is 11.5. The van der Waals surface area contributed by atoms with Gasteiger partial charge in [-0.25, -0.2) is 10.2 Å². The van der Waals surface area contributed by atoms with E-state index in [-0.39, 0.29) is 6.61 Å². The first kappa shape index (κ1) is 20.1. The third-order valence-electron chi connectivity index (χ3n) is 3.09. The fourth-order valence-electron chi connectivity index (χ4n) is 1.94. The second-order valence-electron chi connectivity index (χ2n) is 6.43. The minimum absolute atomic E-state index is 0.270. The number of benzene rings is 2. The molecule has 5 nitrogen and oxygen atoms in total. The molecule has 0 saturated heterocycles. The highest BCUT2D eigenvalue weighted by atomic mass is 35.5. The van der Waals surface area contributed by atoms with E-state index in [1.165, 1.54) is 6.21 Å². The molecular formula is C19H20Cl2N2O3. The van der Waals surface area contributed by atoms with E-state index in [4.69, 9.17) is 32.7 Å². The molecule has 1 N–H and O–H groups in total. The van der Waals surface area contributed by atoms with Gasteiger partial charge in [0.2, 0.25) is 0 Å². The van der Waals surface area contributed by atoms with E-state index in [0.717, 1.165) is 11.1 Å². The van der Waals surface area contributed by atoms with Gasteiger partial charge in [0.05, 0.1) is 6.21 Å². The molecule has 2 rings (SSSR count). The number of carbonyl (C=O) groups is 1. The Bertz CT molecular complexity index is 764. The third-order valence-corrected chi connectivity index (χ3v) is 3.80. The van der Waals surface area contributed by atoms with Crippen molar-refractivity contribution in [1.82, 2.24) is 5.43 Å². The van der Waals surface area contributed by atoms with Gasteiger partial charge in [0.15, 0.2) is 0 Å². The second kappa shape index (κ2) is 8.92. The molecule has 0 aromatic heterocycles. The Kier molecular flexibility index (Phi) is 6.89. The number of halogens is 2. The fourth-order valence-corrected chi connectivity index (χ4v) is 2.44. The first-order valence-corrected chi connectivity index (χ1v) is 8.68. The number of hydrazone groups is 1. The maximum atomic E-state index is 11.5. The third kappa shape index (κ3) is 6.58. The van der Waals surface area contributed by atoms with Crippen molar-refractivity contribution in [1.29, 1.82) is 0 Å². The summed E-state index contributed by atoms with van der Waals surface area (Å²) >= 11 is 12.2. The van der Waals surface area contributed by atoms with Gasteiger partial charge in [-0.15, -0.1) is 0 Å². The van der Waals surface area contributed by atoms with E-state index in [1.807, 2.05) is 12.1 Å². The topological polar surface area (TPSA) is 59.9 Å². The average molecular weight is 395 g/mol. The quantitative estimate of drug-likeness (QED) is 0.542. The van der Waals surface area contributed by atoms with Crippen LogP contribution < -0.4 is 10.2 Å². The maximum Gasteiger partial charge on any atom is 0.428 e. The van der Waals surface area contributed by atoms with Crippen LogP contribution >= 0.6 is 23.2 Å². The van der Waals surface area contributed by atoms with E-state index in [2.05, 4.69) is 10.5 Å². The smallest absolute Gasteiger partial charge is 0.428 e. The van der Waals surface area contributed by atoms with Gasteiger partial charge in [-0.05, 0) is 62.7 Å². The molecule has 0 atom stereocenters. The summed E-state index contributed by atoms with van der Waals surface area (Å²) in [5.74, 6) is 0.665. The molecule has 2 aromatic rings. The van der Waals surface area contributed by atoms with Crippen LogP contribution in [-0.2, 0) is 11.3 Å². The Morgan fingerprint density at radius 1 is 1.12 bits per heavy atom. The van der Waals surface area contributed by atoms with E-state index in [0.29, 0.717) is 15.8 Å². The van der Waals surface area contributed by atoms with Crippen molar-refractivity contribution in [2.45, 2.75) is 33.0 Å². The molecule has 0 radical (unpaired) electrons. The lowest BCUT2D eigenvalue weighted by Crippen LogP contribution is -2.29. The van der Waals surface area contributed by atoms with Crippen LogP contribution in [0.5, 0.6) is 5.75 Å². The largest absolute Gasteiger partial charge is 0.489 e. The average Bonchev–Trinajstić information content (AvgIpc) is 2.54. The fraction of sp³-hybridized carbons (Fsp3) is 0.263. The molecule has 26 heavy (non-hydrogen) atoms. The highest BCUT2D eigenvalue weighted by Gasteiger charge is 2.15. The SMILES string of the molecule is CC(C)(C)OC(=O)N/N=C\c1ccc(OCc2c(Cl)cccc2Cl)cc1. The monoisotopic (exact) mass is 394 g/mol. The van der Waals surface area contributed by atoms with E-state index in [9.17, 15) is 4.79 Å². The van der Waals surface area contributed by atoms with Crippen LogP contribution in [0.15, 0.2) is 47.6 Å². The van der Waals surface area contributed by atoms with Crippen LogP contribution in [0.2, 0.25) is 10.0 Å². The minimum atomic E-state index is -0.606. The molecular weight excluding hydrogens is 375 g/mol. The summed E-state index contributed by atoms with van der Waals surface area (Å²) in [5.41, 5.74) is 3.28. The molecule has 0 fully saturated rings. The normalized spacial score (nSPS) is 11.4. The number of nitrogens with one attached hydrogen (secondary N) is 1. The van der Waals surface area contributed by atoms with Crippen LogP contribution in [0.1, 0.15) is 31.9 Å². The highest BCUT2D eigenvalue weighted by molar-refractivity contribution is 6.35. The summed E-state index contributed by atoms with van der Waals surface area (Å²) in [5, 5.41) is 4.98. The van der Waals surface area contributed by atoms with Crippen LogP contribution in [0, 0.1) is 0 Å². The van der Waals surface area contributed by atoms with Gasteiger partial charge in [-0.3, -0.25) is 0 Å². The lowest BCUT2D eigenvalue weighted by atomic mass is 10.2. The summed E-state index contributed by atoms with van der Waals surface area (Å²) in [4.78, 5) is 11.5. The Labute approximate surface area is 162 Å². The molecule has 0 unspecified atom stereocenters. The summed E-state index contributed by atoms with van der Waals surface area (Å²) in [7, 11) is 0. The first-order chi connectivity index (χ1) is 12.2. The molecule has 1 amide bonds. The lowest BCUT2D eigenvalue weighted by Gasteiger charge is -2.18. The number of carbonyl (C=O) groups excluding carboxylic acids is 1. The second-order valence-corrected chi connectivity index (χ2v) is 7.24. The summed E-state index contributed by atoms with van der Waals surface area (Å²) < 4.78 is 10.8. The highest BCUT2D eigenvalue weighted by Crippen LogP contribution is 2.25. The molecule has 0 spiro atoms. The van der Waals surface area contributed by atoms with Gasteiger partial charge in [0.1, 0.15) is 18.0 Å². The van der Waals surface area contributed by atoms with Crippen molar-refractivity contribution in [2.75, 3.05) is 0 Å².